The first-order chi connectivity index (χ1) is 9.38. The van der Waals surface area contributed by atoms with Crippen LogP contribution in [0.4, 0.5) is 0 Å². The van der Waals surface area contributed by atoms with E-state index in [0.29, 0.717) is 12.1 Å². The molecule has 0 aromatic heterocycles. The van der Waals surface area contributed by atoms with Gasteiger partial charge in [0.15, 0.2) is 5.96 Å². The van der Waals surface area contributed by atoms with E-state index in [1.807, 2.05) is 13.1 Å². The van der Waals surface area contributed by atoms with Gasteiger partial charge in [-0.05, 0) is 30.5 Å². The fraction of sp³-hybridized carbons (Fsp3) is 0.462. The number of aliphatic imine (C=N–C) groups is 1. The molecule has 0 aliphatic carbocycles. The van der Waals surface area contributed by atoms with Crippen LogP contribution in [0.5, 0.6) is 0 Å². The summed E-state index contributed by atoms with van der Waals surface area (Å²) in [6, 6.07) is 5.15. The lowest BCUT2D eigenvalue weighted by Crippen LogP contribution is -2.41. The summed E-state index contributed by atoms with van der Waals surface area (Å²) in [5.41, 5.74) is 1.65. The lowest BCUT2D eigenvalue weighted by atomic mass is 10.1. The first-order valence-corrected chi connectivity index (χ1v) is 8.04. The van der Waals surface area contributed by atoms with Crippen LogP contribution < -0.4 is 10.5 Å². The van der Waals surface area contributed by atoms with Gasteiger partial charge in [-0.1, -0.05) is 12.1 Å². The number of hydrogen-bond acceptors (Lipinski definition) is 5. The smallest absolute Gasteiger partial charge is 0.238 e. The molecule has 110 valence electrons. The molecule has 3 N–H and O–H groups in total. The van der Waals surface area contributed by atoms with E-state index in [9.17, 15) is 8.42 Å². The van der Waals surface area contributed by atoms with Crippen LogP contribution in [0.1, 0.15) is 17.5 Å². The van der Waals surface area contributed by atoms with E-state index in [1.165, 1.54) is 0 Å². The quantitative estimate of drug-likeness (QED) is 0.846. The zero-order valence-corrected chi connectivity index (χ0v) is 12.6. The monoisotopic (exact) mass is 296 g/mol. The van der Waals surface area contributed by atoms with Gasteiger partial charge in [-0.3, -0.25) is 4.99 Å². The third-order valence-corrected chi connectivity index (χ3v) is 4.34. The van der Waals surface area contributed by atoms with Crippen molar-refractivity contribution in [2.75, 3.05) is 20.1 Å². The molecule has 6 nitrogen and oxygen atoms in total. The van der Waals surface area contributed by atoms with E-state index < -0.39 is 10.0 Å². The van der Waals surface area contributed by atoms with Crippen molar-refractivity contribution in [3.05, 3.63) is 29.3 Å². The summed E-state index contributed by atoms with van der Waals surface area (Å²) in [4.78, 5) is 6.67. The normalized spacial score (nSPS) is 15.9. The average molecular weight is 296 g/mol. The Morgan fingerprint density at radius 3 is 2.80 bits per heavy atom. The minimum absolute atomic E-state index is 0.174. The number of nitrogens with one attached hydrogen (secondary N) is 1. The molecule has 0 fully saturated rings. The van der Waals surface area contributed by atoms with E-state index in [4.69, 9.17) is 5.14 Å². The van der Waals surface area contributed by atoms with Crippen LogP contribution in [0.2, 0.25) is 0 Å². The maximum atomic E-state index is 11.3. The van der Waals surface area contributed by atoms with Crippen LogP contribution in [-0.2, 0) is 16.6 Å². The van der Waals surface area contributed by atoms with Crippen LogP contribution in [0.25, 0.3) is 0 Å². The summed E-state index contributed by atoms with van der Waals surface area (Å²) in [5, 5.41) is 8.42. The van der Waals surface area contributed by atoms with Gasteiger partial charge in [-0.25, -0.2) is 13.6 Å². The topological polar surface area (TPSA) is 87.8 Å². The Bertz CT molecular complexity index is 625. The van der Waals surface area contributed by atoms with Crippen LogP contribution in [0.3, 0.4) is 0 Å². The van der Waals surface area contributed by atoms with E-state index in [2.05, 4.69) is 15.2 Å². The largest absolute Gasteiger partial charge is 0.352 e. The molecule has 0 radical (unpaired) electrons. The highest BCUT2D eigenvalue weighted by atomic mass is 32.2. The molecule has 0 amide bonds. The fourth-order valence-electron chi connectivity index (χ4n) is 2.23. The third kappa shape index (κ3) is 3.49. The van der Waals surface area contributed by atoms with E-state index in [-0.39, 0.29) is 4.90 Å². The van der Waals surface area contributed by atoms with Gasteiger partial charge in [0, 0.05) is 26.7 Å². The molecular weight excluding hydrogens is 276 g/mol. The molecule has 0 saturated carbocycles. The number of primary sulfonamides is 1. The molecule has 1 aliphatic rings. The molecule has 0 spiro atoms. The van der Waals surface area contributed by atoms with Crippen molar-refractivity contribution in [3.63, 3.8) is 0 Å². The van der Waals surface area contributed by atoms with Gasteiger partial charge in [0.05, 0.1) is 4.90 Å². The standard InChI is InChI=1S/C13H20N4O2S/c1-10-8-11(4-5-12(10)20(14,18)19)9-16-13-15-6-3-7-17(13)2/h4-5,8H,3,6-7,9H2,1-2H3,(H,15,16)(H2,14,18,19). The minimum Gasteiger partial charge on any atom is -0.352 e. The van der Waals surface area contributed by atoms with Gasteiger partial charge >= 0.3 is 0 Å². The van der Waals surface area contributed by atoms with E-state index >= 15 is 0 Å². The molecular formula is C13H20N4O2S. The highest BCUT2D eigenvalue weighted by Crippen LogP contribution is 2.15. The summed E-state index contributed by atoms with van der Waals surface area (Å²) in [7, 11) is -1.65. The Morgan fingerprint density at radius 1 is 1.45 bits per heavy atom. The van der Waals surface area contributed by atoms with Crippen LogP contribution in [0, 0.1) is 6.92 Å². The molecule has 0 unspecified atom stereocenters. The summed E-state index contributed by atoms with van der Waals surface area (Å²) < 4.78 is 22.7. The van der Waals surface area contributed by atoms with E-state index in [0.717, 1.165) is 31.0 Å². The first kappa shape index (κ1) is 14.8. The van der Waals surface area contributed by atoms with Crippen molar-refractivity contribution >= 4 is 16.0 Å². The maximum absolute atomic E-state index is 11.3. The highest BCUT2D eigenvalue weighted by Gasteiger charge is 2.13. The Hall–Kier alpha value is -1.60. The second-order valence-corrected chi connectivity index (χ2v) is 6.51. The van der Waals surface area contributed by atoms with Gasteiger partial charge in [-0.2, -0.15) is 0 Å². The number of sulfonamides is 1. The molecule has 0 atom stereocenters. The lowest BCUT2D eigenvalue weighted by molar-refractivity contribution is 0.446. The van der Waals surface area contributed by atoms with Crippen molar-refractivity contribution in [1.29, 1.82) is 0 Å². The summed E-state index contributed by atoms with van der Waals surface area (Å²) >= 11 is 0. The number of hydrogen-bond donors (Lipinski definition) is 2. The Labute approximate surface area is 119 Å². The predicted molar refractivity (Wildman–Crippen MR) is 78.9 cm³/mol. The molecule has 7 heteroatoms. The second kappa shape index (κ2) is 5.80. The second-order valence-electron chi connectivity index (χ2n) is 4.98. The summed E-state index contributed by atoms with van der Waals surface area (Å²) in [5.74, 6) is 0.879. The Balaban J connectivity index is 2.08. The summed E-state index contributed by atoms with van der Waals surface area (Å²) in [6.07, 6.45) is 1.07. The van der Waals surface area contributed by atoms with E-state index in [1.54, 1.807) is 19.1 Å². The Morgan fingerprint density at radius 2 is 2.20 bits per heavy atom. The maximum Gasteiger partial charge on any atom is 0.238 e. The van der Waals surface area contributed by atoms with Crippen LogP contribution in [0.15, 0.2) is 28.1 Å². The molecule has 0 bridgehead atoms. The third-order valence-electron chi connectivity index (χ3n) is 3.27. The zero-order chi connectivity index (χ0) is 14.8. The van der Waals surface area contributed by atoms with Gasteiger partial charge in [0.1, 0.15) is 0 Å². The number of benzene rings is 1. The van der Waals surface area contributed by atoms with Gasteiger partial charge in [-0.15, -0.1) is 0 Å². The molecule has 1 aromatic rings. The van der Waals surface area contributed by atoms with Crippen molar-refractivity contribution in [1.82, 2.24) is 10.2 Å². The Kier molecular flexibility index (Phi) is 4.29. The minimum atomic E-state index is -3.65. The lowest BCUT2D eigenvalue weighted by Gasteiger charge is -2.25. The molecule has 1 aliphatic heterocycles. The summed E-state index contributed by atoms with van der Waals surface area (Å²) in [6.45, 7) is 4.19. The van der Waals surface area contributed by atoms with Gasteiger partial charge in [0.2, 0.25) is 10.0 Å². The fourth-order valence-corrected chi connectivity index (χ4v) is 3.00. The predicted octanol–water partition coefficient (Wildman–Crippen LogP) is 0.424. The number of rotatable bonds is 3. The van der Waals surface area contributed by atoms with Crippen molar-refractivity contribution in [2.45, 2.75) is 24.8 Å². The molecule has 1 heterocycles. The SMILES string of the molecule is Cc1cc(CNC2=NCCCN2C)ccc1S(N)(=O)=O. The number of aryl methyl sites for hydroxylation is 1. The molecule has 1 aromatic carbocycles. The molecule has 2 rings (SSSR count). The number of guanidine groups is 1. The zero-order valence-electron chi connectivity index (χ0n) is 11.8. The average Bonchev–Trinajstić information content (AvgIpc) is 2.36. The number of nitrogens with zero attached hydrogens (tertiary/aromatic N) is 2. The highest BCUT2D eigenvalue weighted by molar-refractivity contribution is 7.89. The van der Waals surface area contributed by atoms with Crippen LogP contribution in [-0.4, -0.2) is 39.4 Å². The first-order valence-electron chi connectivity index (χ1n) is 6.50. The van der Waals surface area contributed by atoms with Crippen molar-refractivity contribution < 1.29 is 8.42 Å². The molecule has 0 saturated heterocycles. The van der Waals surface area contributed by atoms with Crippen molar-refractivity contribution in [2.24, 2.45) is 10.1 Å². The number of nitrogens with two attached hydrogens (primary N) is 1. The van der Waals surface area contributed by atoms with Crippen molar-refractivity contribution in [3.8, 4) is 0 Å². The molecule has 20 heavy (non-hydrogen) atoms. The van der Waals surface area contributed by atoms with Crippen LogP contribution >= 0.6 is 0 Å². The van der Waals surface area contributed by atoms with Gasteiger partial charge in [0.25, 0.3) is 0 Å². The van der Waals surface area contributed by atoms with Gasteiger partial charge < -0.3 is 10.2 Å².